The van der Waals surface area contributed by atoms with Crippen molar-refractivity contribution < 1.29 is 32.7 Å². The predicted molar refractivity (Wildman–Crippen MR) is 54.0 cm³/mol. The summed E-state index contributed by atoms with van der Waals surface area (Å²) in [7, 11) is 0. The minimum Gasteiger partial charge on any atom is -0.203 e. The normalized spacial score (nSPS) is 6.42. The summed E-state index contributed by atoms with van der Waals surface area (Å²) < 4.78 is 0. The summed E-state index contributed by atoms with van der Waals surface area (Å²) in [5, 5.41) is 0. The molecule has 0 saturated heterocycles. The van der Waals surface area contributed by atoms with E-state index >= 15 is 0 Å². The molecular formula is C11H16Y+. The molecule has 62 valence electrons. The molecule has 0 aliphatic carbocycles. The molecule has 0 fully saturated rings. The molecule has 12 heavy (non-hydrogen) atoms. The summed E-state index contributed by atoms with van der Waals surface area (Å²) in [5.41, 5.74) is 2.54. The zero-order valence-corrected chi connectivity index (χ0v) is 10.7. The average molecular weight is 237 g/mol. The van der Waals surface area contributed by atoms with Crippen LogP contribution in [0.15, 0.2) is 49.1 Å². The number of hydrogen-bond acceptors (Lipinski definition) is 0. The van der Waals surface area contributed by atoms with Crippen LogP contribution in [0.25, 0.3) is 0 Å². The third-order valence-electron chi connectivity index (χ3n) is 0.892. The van der Waals surface area contributed by atoms with Crippen molar-refractivity contribution >= 4 is 0 Å². The summed E-state index contributed by atoms with van der Waals surface area (Å²) in [6, 6.07) is 0. The summed E-state index contributed by atoms with van der Waals surface area (Å²) in [5.74, 6) is 0. The number of hydrogen-bond donors (Lipinski definition) is 0. The molecular weight excluding hydrogens is 221 g/mol. The SMILES string of the molecule is C=C([CH2-])C(=C)C.C=CC(=C)[CH2-].[Y+3]. The summed E-state index contributed by atoms with van der Waals surface area (Å²) in [6.45, 7) is 22.9. The van der Waals surface area contributed by atoms with E-state index in [-0.39, 0.29) is 32.7 Å². The second kappa shape index (κ2) is 10.8. The van der Waals surface area contributed by atoms with Gasteiger partial charge >= 0.3 is 32.7 Å². The van der Waals surface area contributed by atoms with E-state index in [0.717, 1.165) is 16.7 Å². The van der Waals surface area contributed by atoms with Crippen molar-refractivity contribution in [2.24, 2.45) is 0 Å². The first-order valence-electron chi connectivity index (χ1n) is 3.21. The van der Waals surface area contributed by atoms with Crippen molar-refractivity contribution in [2.45, 2.75) is 6.92 Å². The average Bonchev–Trinajstić information content (AvgIpc) is 1.89. The molecule has 1 heteroatoms. The van der Waals surface area contributed by atoms with Crippen LogP contribution in [0, 0.1) is 13.8 Å². The van der Waals surface area contributed by atoms with Crippen LogP contribution in [0.5, 0.6) is 0 Å². The largest absolute Gasteiger partial charge is 3.00 e. The fraction of sp³-hybridized carbons (Fsp3) is 0.0909. The van der Waals surface area contributed by atoms with E-state index in [9.17, 15) is 0 Å². The molecule has 0 aromatic heterocycles. The van der Waals surface area contributed by atoms with E-state index < -0.39 is 0 Å². The number of allylic oxidation sites excluding steroid dienone is 4. The molecule has 0 N–H and O–H groups in total. The van der Waals surface area contributed by atoms with Crippen molar-refractivity contribution in [3.63, 3.8) is 0 Å². The molecule has 0 aliphatic heterocycles. The minimum atomic E-state index is 0. The van der Waals surface area contributed by atoms with Gasteiger partial charge in [0.15, 0.2) is 0 Å². The van der Waals surface area contributed by atoms with Crippen LogP contribution in [0.3, 0.4) is 0 Å². The van der Waals surface area contributed by atoms with E-state index in [2.05, 4.69) is 40.2 Å². The van der Waals surface area contributed by atoms with Crippen LogP contribution in [-0.2, 0) is 32.7 Å². The fourth-order valence-electron chi connectivity index (χ4n) is 0. The van der Waals surface area contributed by atoms with E-state index in [1.165, 1.54) is 0 Å². The molecule has 0 radical (unpaired) electrons. The van der Waals surface area contributed by atoms with Gasteiger partial charge in [0.05, 0.1) is 0 Å². The maximum absolute atomic E-state index is 3.59. The van der Waals surface area contributed by atoms with Crippen LogP contribution < -0.4 is 0 Å². The maximum Gasteiger partial charge on any atom is 3.00 e. The Kier molecular flexibility index (Phi) is 16.0. The van der Waals surface area contributed by atoms with Gasteiger partial charge in [-0.1, -0.05) is 6.92 Å². The second-order valence-corrected chi connectivity index (χ2v) is 2.25. The molecule has 0 heterocycles. The molecule has 0 atom stereocenters. The second-order valence-electron chi connectivity index (χ2n) is 2.25. The Morgan fingerprint density at radius 1 is 1.17 bits per heavy atom. The molecule has 0 amide bonds. The third-order valence-corrected chi connectivity index (χ3v) is 0.892. The topological polar surface area (TPSA) is 0 Å². The van der Waals surface area contributed by atoms with Gasteiger partial charge in [-0.05, 0) is 0 Å². The van der Waals surface area contributed by atoms with Crippen LogP contribution in [0.2, 0.25) is 0 Å². The molecule has 0 unspecified atom stereocenters. The molecule has 0 aromatic carbocycles. The minimum absolute atomic E-state index is 0. The summed E-state index contributed by atoms with van der Waals surface area (Å²) >= 11 is 0. The van der Waals surface area contributed by atoms with Gasteiger partial charge in [0.2, 0.25) is 0 Å². The Morgan fingerprint density at radius 2 is 1.33 bits per heavy atom. The molecule has 0 spiro atoms. The monoisotopic (exact) mass is 237 g/mol. The molecule has 0 aliphatic rings. The van der Waals surface area contributed by atoms with Crippen molar-refractivity contribution in [1.29, 1.82) is 0 Å². The van der Waals surface area contributed by atoms with Crippen molar-refractivity contribution in [2.75, 3.05) is 0 Å². The molecule has 0 aromatic rings. The van der Waals surface area contributed by atoms with Gasteiger partial charge in [-0.2, -0.15) is 57.4 Å². The molecule has 0 saturated carbocycles. The Morgan fingerprint density at radius 3 is 1.33 bits per heavy atom. The van der Waals surface area contributed by atoms with Gasteiger partial charge in [-0.25, -0.2) is 5.57 Å². The van der Waals surface area contributed by atoms with E-state index in [0.29, 0.717) is 0 Å². The molecule has 0 nitrogen and oxygen atoms in total. The van der Waals surface area contributed by atoms with Gasteiger partial charge in [-0.15, -0.1) is 0 Å². The van der Waals surface area contributed by atoms with Gasteiger partial charge in [0.25, 0.3) is 0 Å². The maximum atomic E-state index is 3.59. The first-order valence-corrected chi connectivity index (χ1v) is 3.21. The van der Waals surface area contributed by atoms with Gasteiger partial charge in [0, 0.05) is 0 Å². The number of rotatable bonds is 2. The summed E-state index contributed by atoms with van der Waals surface area (Å²) in [6.07, 6.45) is 1.61. The van der Waals surface area contributed by atoms with Crippen LogP contribution in [0.4, 0.5) is 0 Å². The van der Waals surface area contributed by atoms with Crippen LogP contribution in [-0.4, -0.2) is 0 Å². The van der Waals surface area contributed by atoms with E-state index in [4.69, 9.17) is 0 Å². The first-order chi connectivity index (χ1) is 4.91. The molecule has 0 rings (SSSR count). The standard InChI is InChI=1S/C6H9.C5H7.Y/c1-5(2)6(3)4;1-4-5(2)3;/h1-3H2,4H3;4H,1-3H2;/q2*-1;+3. The van der Waals surface area contributed by atoms with Gasteiger partial charge < -0.3 is 0 Å². The van der Waals surface area contributed by atoms with Crippen molar-refractivity contribution in [3.8, 4) is 0 Å². The first kappa shape index (κ1) is 17.8. The van der Waals surface area contributed by atoms with Crippen molar-refractivity contribution in [3.05, 3.63) is 63.0 Å². The fourth-order valence-corrected chi connectivity index (χ4v) is 0. The van der Waals surface area contributed by atoms with Gasteiger partial charge in [-0.3, -0.25) is 0 Å². The Hall–Kier alpha value is -0.196. The zero-order valence-electron chi connectivity index (χ0n) is 7.90. The smallest absolute Gasteiger partial charge is 0.203 e. The van der Waals surface area contributed by atoms with E-state index in [1.54, 1.807) is 6.08 Å². The summed E-state index contributed by atoms with van der Waals surface area (Å²) in [4.78, 5) is 0. The predicted octanol–water partition coefficient (Wildman–Crippen LogP) is 3.51. The third kappa shape index (κ3) is 22.6. The van der Waals surface area contributed by atoms with E-state index in [1.807, 2.05) is 6.92 Å². The zero-order chi connectivity index (χ0) is 9.44. The Bertz CT molecular complexity index is 163. The van der Waals surface area contributed by atoms with Crippen LogP contribution in [0.1, 0.15) is 6.92 Å². The van der Waals surface area contributed by atoms with Crippen LogP contribution >= 0.6 is 0 Å². The molecule has 0 bridgehead atoms. The quantitative estimate of drug-likeness (QED) is 0.509. The Labute approximate surface area is 102 Å². The van der Waals surface area contributed by atoms with Crippen molar-refractivity contribution in [1.82, 2.24) is 0 Å². The van der Waals surface area contributed by atoms with Gasteiger partial charge in [0.1, 0.15) is 0 Å². The Balaban J connectivity index is -0.000000126.